The molecule has 0 radical (unpaired) electrons. The van der Waals surface area contributed by atoms with Gasteiger partial charge in [-0.15, -0.1) is 0 Å². The van der Waals surface area contributed by atoms with Crippen molar-refractivity contribution in [1.29, 1.82) is 0 Å². The van der Waals surface area contributed by atoms with Crippen molar-refractivity contribution in [2.45, 2.75) is 40.0 Å². The van der Waals surface area contributed by atoms with Crippen molar-refractivity contribution in [3.8, 4) is 0 Å². The number of anilines is 1. The van der Waals surface area contributed by atoms with Gasteiger partial charge in [0.05, 0.1) is 0 Å². The zero-order valence-corrected chi connectivity index (χ0v) is 15.0. The standard InChI is InChI=1S/C19H25N3O3/c1-4-6-7-15-8-10-16(11-9-15)19(24)22(5-2)13-18(23)20-17-12-14(3)25-21-17/h8-12H,4-7,13H2,1-3H3,(H,20,21,23). The summed E-state index contributed by atoms with van der Waals surface area (Å²) < 4.78 is 4.91. The van der Waals surface area contributed by atoms with Crippen LogP contribution >= 0.6 is 0 Å². The largest absolute Gasteiger partial charge is 0.360 e. The van der Waals surface area contributed by atoms with Crippen molar-refractivity contribution in [2.75, 3.05) is 18.4 Å². The Morgan fingerprint density at radius 1 is 1.20 bits per heavy atom. The van der Waals surface area contributed by atoms with Crippen molar-refractivity contribution in [3.63, 3.8) is 0 Å². The van der Waals surface area contributed by atoms with Gasteiger partial charge in [-0.2, -0.15) is 0 Å². The Bertz CT molecular complexity index is 707. The summed E-state index contributed by atoms with van der Waals surface area (Å²) in [5.41, 5.74) is 1.81. The molecule has 1 aromatic carbocycles. The second-order valence-electron chi connectivity index (χ2n) is 5.99. The van der Waals surface area contributed by atoms with Crippen LogP contribution in [0.5, 0.6) is 0 Å². The number of unbranched alkanes of at least 4 members (excludes halogenated alkanes) is 1. The minimum absolute atomic E-state index is 0.0289. The van der Waals surface area contributed by atoms with Gasteiger partial charge in [0.25, 0.3) is 5.91 Å². The maximum atomic E-state index is 12.6. The molecule has 0 aliphatic carbocycles. The first-order chi connectivity index (χ1) is 12.0. The summed E-state index contributed by atoms with van der Waals surface area (Å²) in [5.74, 6) is 0.507. The predicted octanol–water partition coefficient (Wildman–Crippen LogP) is 3.43. The summed E-state index contributed by atoms with van der Waals surface area (Å²) in [6, 6.07) is 9.25. The van der Waals surface area contributed by atoms with Crippen LogP contribution in [0.4, 0.5) is 5.82 Å². The van der Waals surface area contributed by atoms with Gasteiger partial charge in [0.2, 0.25) is 5.91 Å². The highest BCUT2D eigenvalue weighted by Gasteiger charge is 2.18. The highest BCUT2D eigenvalue weighted by molar-refractivity contribution is 5.99. The summed E-state index contributed by atoms with van der Waals surface area (Å²) in [5, 5.41) is 6.34. The number of benzene rings is 1. The first kappa shape index (κ1) is 18.7. The molecule has 6 heteroatoms. The summed E-state index contributed by atoms with van der Waals surface area (Å²) in [6.45, 7) is 6.17. The first-order valence-electron chi connectivity index (χ1n) is 8.64. The lowest BCUT2D eigenvalue weighted by molar-refractivity contribution is -0.116. The van der Waals surface area contributed by atoms with E-state index in [1.165, 1.54) is 10.5 Å². The fourth-order valence-electron chi connectivity index (χ4n) is 2.49. The number of carbonyl (C=O) groups excluding carboxylic acids is 2. The number of nitrogens with one attached hydrogen (secondary N) is 1. The van der Waals surface area contributed by atoms with E-state index in [1.54, 1.807) is 13.0 Å². The molecule has 2 amide bonds. The van der Waals surface area contributed by atoms with E-state index in [1.807, 2.05) is 31.2 Å². The third-order valence-electron chi connectivity index (χ3n) is 3.92. The van der Waals surface area contributed by atoms with Gasteiger partial charge >= 0.3 is 0 Å². The van der Waals surface area contributed by atoms with E-state index >= 15 is 0 Å². The molecule has 0 aliphatic rings. The molecule has 0 aliphatic heterocycles. The van der Waals surface area contributed by atoms with E-state index in [9.17, 15) is 9.59 Å². The lowest BCUT2D eigenvalue weighted by Gasteiger charge is -2.20. The Morgan fingerprint density at radius 3 is 2.48 bits per heavy atom. The SMILES string of the molecule is CCCCc1ccc(C(=O)N(CC)CC(=O)Nc2cc(C)on2)cc1. The van der Waals surface area contributed by atoms with Gasteiger partial charge in [-0.1, -0.05) is 30.6 Å². The number of hydrogen-bond donors (Lipinski definition) is 1. The Hall–Kier alpha value is -2.63. The molecular weight excluding hydrogens is 318 g/mol. The van der Waals surface area contributed by atoms with Crippen LogP contribution in [0, 0.1) is 6.92 Å². The summed E-state index contributed by atoms with van der Waals surface area (Å²) in [4.78, 5) is 26.2. The van der Waals surface area contributed by atoms with Gasteiger partial charge in [0.15, 0.2) is 5.82 Å². The van der Waals surface area contributed by atoms with Crippen LogP contribution in [0.15, 0.2) is 34.9 Å². The highest BCUT2D eigenvalue weighted by atomic mass is 16.5. The van der Waals surface area contributed by atoms with Gasteiger partial charge in [-0.3, -0.25) is 9.59 Å². The second-order valence-corrected chi connectivity index (χ2v) is 5.99. The van der Waals surface area contributed by atoms with Gasteiger partial charge < -0.3 is 14.7 Å². The third kappa shape index (κ3) is 5.45. The summed E-state index contributed by atoms with van der Waals surface area (Å²) in [6.07, 6.45) is 3.29. The lowest BCUT2D eigenvalue weighted by Crippen LogP contribution is -2.37. The van der Waals surface area contributed by atoms with Crippen molar-refractivity contribution in [2.24, 2.45) is 0 Å². The maximum Gasteiger partial charge on any atom is 0.254 e. The number of amides is 2. The molecule has 0 spiro atoms. The zero-order chi connectivity index (χ0) is 18.2. The fourth-order valence-corrected chi connectivity index (χ4v) is 2.49. The van der Waals surface area contributed by atoms with Crippen LogP contribution in [0.2, 0.25) is 0 Å². The Kier molecular flexibility index (Phi) is 6.74. The molecule has 25 heavy (non-hydrogen) atoms. The van der Waals surface area contributed by atoms with Gasteiger partial charge in [0, 0.05) is 18.2 Å². The van der Waals surface area contributed by atoms with Crippen LogP contribution in [-0.2, 0) is 11.2 Å². The summed E-state index contributed by atoms with van der Waals surface area (Å²) in [7, 11) is 0. The fraction of sp³-hybridized carbons (Fsp3) is 0.421. The van der Waals surface area contributed by atoms with Crippen LogP contribution in [-0.4, -0.2) is 35.0 Å². The second kappa shape index (κ2) is 9.01. The third-order valence-corrected chi connectivity index (χ3v) is 3.92. The Labute approximate surface area is 148 Å². The molecule has 2 rings (SSSR count). The van der Waals surface area contributed by atoms with Crippen LogP contribution in [0.3, 0.4) is 0 Å². The average molecular weight is 343 g/mol. The van der Waals surface area contributed by atoms with Crippen molar-refractivity contribution in [3.05, 3.63) is 47.2 Å². The smallest absolute Gasteiger partial charge is 0.254 e. The number of nitrogens with zero attached hydrogens (tertiary/aromatic N) is 2. The van der Waals surface area contributed by atoms with Crippen molar-refractivity contribution < 1.29 is 14.1 Å². The monoisotopic (exact) mass is 343 g/mol. The topological polar surface area (TPSA) is 75.4 Å². The molecule has 0 saturated heterocycles. The number of carbonyl (C=O) groups is 2. The quantitative estimate of drug-likeness (QED) is 0.797. The number of rotatable bonds is 8. The number of hydrogen-bond acceptors (Lipinski definition) is 4. The minimum Gasteiger partial charge on any atom is -0.360 e. The maximum absolute atomic E-state index is 12.6. The van der Waals surface area contributed by atoms with Crippen LogP contribution in [0.1, 0.15) is 48.4 Å². The molecule has 6 nitrogen and oxygen atoms in total. The molecule has 0 fully saturated rings. The molecule has 134 valence electrons. The Morgan fingerprint density at radius 2 is 1.92 bits per heavy atom. The molecule has 1 aromatic heterocycles. The van der Waals surface area contributed by atoms with E-state index in [-0.39, 0.29) is 18.4 Å². The van der Waals surface area contributed by atoms with E-state index in [0.717, 1.165) is 19.3 Å². The Balaban J connectivity index is 1.96. The number of aromatic nitrogens is 1. The normalized spacial score (nSPS) is 10.5. The molecule has 0 bridgehead atoms. The molecular formula is C19H25N3O3. The number of likely N-dealkylation sites (N-methyl/N-ethyl adjacent to an activating group) is 1. The number of aryl methyl sites for hydroxylation is 2. The van der Waals surface area contributed by atoms with E-state index in [4.69, 9.17) is 4.52 Å². The van der Waals surface area contributed by atoms with E-state index in [2.05, 4.69) is 17.4 Å². The van der Waals surface area contributed by atoms with Gasteiger partial charge in [-0.05, 0) is 44.4 Å². The molecule has 0 atom stereocenters. The lowest BCUT2D eigenvalue weighted by atomic mass is 10.1. The predicted molar refractivity (Wildman–Crippen MR) is 96.5 cm³/mol. The van der Waals surface area contributed by atoms with Crippen molar-refractivity contribution >= 4 is 17.6 Å². The van der Waals surface area contributed by atoms with E-state index in [0.29, 0.717) is 23.7 Å². The molecule has 0 unspecified atom stereocenters. The highest BCUT2D eigenvalue weighted by Crippen LogP contribution is 2.11. The van der Waals surface area contributed by atoms with Crippen LogP contribution in [0.25, 0.3) is 0 Å². The molecule has 2 aromatic rings. The minimum atomic E-state index is -0.303. The van der Waals surface area contributed by atoms with Gasteiger partial charge in [0.1, 0.15) is 12.3 Å². The van der Waals surface area contributed by atoms with Crippen LogP contribution < -0.4 is 5.32 Å². The average Bonchev–Trinajstić information content (AvgIpc) is 3.02. The van der Waals surface area contributed by atoms with Crippen molar-refractivity contribution in [1.82, 2.24) is 10.1 Å². The van der Waals surface area contributed by atoms with Gasteiger partial charge in [-0.25, -0.2) is 0 Å². The summed E-state index contributed by atoms with van der Waals surface area (Å²) >= 11 is 0. The van der Waals surface area contributed by atoms with E-state index < -0.39 is 0 Å². The molecule has 1 N–H and O–H groups in total. The first-order valence-corrected chi connectivity index (χ1v) is 8.64. The molecule has 0 saturated carbocycles. The zero-order valence-electron chi connectivity index (χ0n) is 15.0. The molecule has 1 heterocycles.